The van der Waals surface area contributed by atoms with Crippen LogP contribution in [0.5, 0.6) is 0 Å². The molecule has 0 bridgehead atoms. The Morgan fingerprint density at radius 2 is 2.04 bits per heavy atom. The second-order valence-electron chi connectivity index (χ2n) is 6.07. The van der Waals surface area contributed by atoms with Crippen LogP contribution in [0.1, 0.15) is 35.8 Å². The molecule has 122 valence electrons. The molecule has 0 unspecified atom stereocenters. The third kappa shape index (κ3) is 2.56. The Bertz CT molecular complexity index is 665. The van der Waals surface area contributed by atoms with Gasteiger partial charge in [-0.3, -0.25) is 19.5 Å². The first-order chi connectivity index (χ1) is 11.0. The number of urea groups is 1. The molecule has 3 rings (SSSR count). The zero-order chi connectivity index (χ0) is 16.6. The first-order valence-electron chi connectivity index (χ1n) is 7.81. The van der Waals surface area contributed by atoms with E-state index in [1.54, 1.807) is 11.1 Å². The molecule has 1 aromatic rings. The third-order valence-electron chi connectivity index (χ3n) is 4.72. The van der Waals surface area contributed by atoms with Gasteiger partial charge in [0, 0.05) is 26.3 Å². The maximum absolute atomic E-state index is 12.6. The van der Waals surface area contributed by atoms with E-state index in [-0.39, 0.29) is 17.8 Å². The van der Waals surface area contributed by atoms with E-state index in [9.17, 15) is 14.4 Å². The zero-order valence-electron chi connectivity index (χ0n) is 13.3. The van der Waals surface area contributed by atoms with Crippen molar-refractivity contribution in [2.75, 3.05) is 20.1 Å². The lowest BCUT2D eigenvalue weighted by Gasteiger charge is -2.37. The van der Waals surface area contributed by atoms with Crippen LogP contribution in [-0.4, -0.2) is 58.3 Å². The van der Waals surface area contributed by atoms with Gasteiger partial charge < -0.3 is 10.2 Å². The summed E-state index contributed by atoms with van der Waals surface area (Å²) >= 11 is 0. The minimum absolute atomic E-state index is 0.125. The van der Waals surface area contributed by atoms with Gasteiger partial charge in [-0.05, 0) is 37.0 Å². The number of likely N-dealkylation sites (N-methyl/N-ethyl adjacent to an activating group) is 1. The number of nitrogens with one attached hydrogen (secondary N) is 1. The molecule has 0 aliphatic carbocycles. The van der Waals surface area contributed by atoms with Crippen LogP contribution in [0.4, 0.5) is 4.79 Å². The van der Waals surface area contributed by atoms with E-state index >= 15 is 0 Å². The molecule has 3 heterocycles. The summed E-state index contributed by atoms with van der Waals surface area (Å²) in [5.41, 5.74) is 0.650. The van der Waals surface area contributed by atoms with Crippen molar-refractivity contribution < 1.29 is 14.4 Å². The second-order valence-corrected chi connectivity index (χ2v) is 6.07. The normalized spacial score (nSPS) is 20.1. The smallest absolute Gasteiger partial charge is 0.324 e. The number of hydrogen-bond donors (Lipinski definition) is 1. The Morgan fingerprint density at radius 3 is 2.61 bits per heavy atom. The molecule has 23 heavy (non-hydrogen) atoms. The molecule has 4 amide bonds. The molecule has 2 aliphatic heterocycles. The van der Waals surface area contributed by atoms with Gasteiger partial charge in [0.25, 0.3) is 11.8 Å². The fourth-order valence-electron chi connectivity index (χ4n) is 3.16. The molecule has 0 radical (unpaired) electrons. The predicted molar refractivity (Wildman–Crippen MR) is 82.8 cm³/mol. The van der Waals surface area contributed by atoms with Gasteiger partial charge in [-0.2, -0.15) is 0 Å². The van der Waals surface area contributed by atoms with Crippen molar-refractivity contribution in [1.29, 1.82) is 0 Å². The highest BCUT2D eigenvalue weighted by molar-refractivity contribution is 6.07. The number of nitrogens with zero attached hydrogens (tertiary/aromatic N) is 3. The van der Waals surface area contributed by atoms with E-state index < -0.39 is 5.54 Å². The molecular formula is C16H20N4O3. The monoisotopic (exact) mass is 316 g/mol. The van der Waals surface area contributed by atoms with Gasteiger partial charge in [0.15, 0.2) is 0 Å². The number of carbonyl (C=O) groups excluding carboxylic acids is 3. The van der Waals surface area contributed by atoms with Crippen LogP contribution < -0.4 is 5.32 Å². The van der Waals surface area contributed by atoms with E-state index in [0.29, 0.717) is 31.6 Å². The molecule has 1 spiro atoms. The highest BCUT2D eigenvalue weighted by Gasteiger charge is 2.51. The predicted octanol–water partition coefficient (Wildman–Crippen LogP) is 0.800. The van der Waals surface area contributed by atoms with Crippen LogP contribution >= 0.6 is 0 Å². The quantitative estimate of drug-likeness (QED) is 0.818. The molecular weight excluding hydrogens is 296 g/mol. The summed E-state index contributed by atoms with van der Waals surface area (Å²) in [5.74, 6) is -0.332. The lowest BCUT2D eigenvalue weighted by Crippen LogP contribution is -2.55. The maximum atomic E-state index is 12.6. The summed E-state index contributed by atoms with van der Waals surface area (Å²) in [7, 11) is 1.48. The number of piperidine rings is 1. The summed E-state index contributed by atoms with van der Waals surface area (Å²) in [6, 6.07) is 3.33. The number of imide groups is 1. The van der Waals surface area contributed by atoms with E-state index in [0.717, 1.165) is 16.9 Å². The summed E-state index contributed by atoms with van der Waals surface area (Å²) in [4.78, 5) is 43.4. The molecule has 2 aliphatic rings. The fourth-order valence-corrected chi connectivity index (χ4v) is 3.16. The highest BCUT2D eigenvalue weighted by Crippen LogP contribution is 2.29. The topological polar surface area (TPSA) is 82.6 Å². The van der Waals surface area contributed by atoms with Crippen molar-refractivity contribution in [3.05, 3.63) is 29.6 Å². The molecule has 7 nitrogen and oxygen atoms in total. The number of aryl methyl sites for hydroxylation is 1. The van der Waals surface area contributed by atoms with Crippen molar-refractivity contribution in [3.63, 3.8) is 0 Å². The number of aromatic nitrogens is 1. The molecule has 2 saturated heterocycles. The highest BCUT2D eigenvalue weighted by atomic mass is 16.2. The molecule has 0 atom stereocenters. The fraction of sp³-hybridized carbons (Fsp3) is 0.500. The van der Waals surface area contributed by atoms with Crippen molar-refractivity contribution in [3.8, 4) is 0 Å². The molecule has 0 saturated carbocycles. The SMILES string of the molecule is CCc1ccnc(C(=O)N2CCC3(CC2)NC(=O)N(C)C3=O)c1. The van der Waals surface area contributed by atoms with E-state index in [1.807, 2.05) is 19.1 Å². The van der Waals surface area contributed by atoms with E-state index in [1.165, 1.54) is 7.05 Å². The lowest BCUT2D eigenvalue weighted by molar-refractivity contribution is -0.131. The first-order valence-corrected chi connectivity index (χ1v) is 7.81. The maximum Gasteiger partial charge on any atom is 0.324 e. The number of hydrogen-bond acceptors (Lipinski definition) is 4. The lowest BCUT2D eigenvalue weighted by atomic mass is 9.87. The van der Waals surface area contributed by atoms with Gasteiger partial charge in [-0.25, -0.2) is 4.79 Å². The minimum atomic E-state index is -0.846. The number of carbonyl (C=O) groups is 3. The largest absolute Gasteiger partial charge is 0.337 e. The van der Waals surface area contributed by atoms with Gasteiger partial charge in [0.2, 0.25) is 0 Å². The van der Waals surface area contributed by atoms with Gasteiger partial charge >= 0.3 is 6.03 Å². The van der Waals surface area contributed by atoms with Crippen molar-refractivity contribution in [1.82, 2.24) is 20.1 Å². The average Bonchev–Trinajstić information content (AvgIpc) is 2.79. The van der Waals surface area contributed by atoms with Crippen LogP contribution in [0.25, 0.3) is 0 Å². The Hall–Kier alpha value is -2.44. The number of pyridine rings is 1. The minimum Gasteiger partial charge on any atom is -0.337 e. The second kappa shape index (κ2) is 5.64. The standard InChI is InChI=1S/C16H20N4O3/c1-3-11-4-7-17-12(10-11)13(21)20-8-5-16(6-9-20)14(22)19(2)15(23)18-16/h4,7,10H,3,5-6,8-9H2,1-2H3,(H,18,23). The molecule has 0 aromatic carbocycles. The number of rotatable bonds is 2. The zero-order valence-corrected chi connectivity index (χ0v) is 13.3. The van der Waals surface area contributed by atoms with E-state index in [4.69, 9.17) is 0 Å². The Morgan fingerprint density at radius 1 is 1.35 bits per heavy atom. The van der Waals surface area contributed by atoms with Crippen LogP contribution in [0.2, 0.25) is 0 Å². The van der Waals surface area contributed by atoms with E-state index in [2.05, 4.69) is 10.3 Å². The summed E-state index contributed by atoms with van der Waals surface area (Å²) in [6.07, 6.45) is 3.36. The Balaban J connectivity index is 1.70. The molecule has 1 N–H and O–H groups in total. The summed E-state index contributed by atoms with van der Waals surface area (Å²) in [5, 5.41) is 2.77. The first kappa shape index (κ1) is 15.5. The van der Waals surface area contributed by atoms with Gasteiger partial charge in [-0.15, -0.1) is 0 Å². The van der Waals surface area contributed by atoms with Crippen molar-refractivity contribution in [2.45, 2.75) is 31.7 Å². The van der Waals surface area contributed by atoms with Gasteiger partial charge in [0.1, 0.15) is 11.2 Å². The average molecular weight is 316 g/mol. The van der Waals surface area contributed by atoms with Crippen LogP contribution in [-0.2, 0) is 11.2 Å². The van der Waals surface area contributed by atoms with Gasteiger partial charge in [0.05, 0.1) is 0 Å². The summed E-state index contributed by atoms with van der Waals surface area (Å²) < 4.78 is 0. The molecule has 7 heteroatoms. The summed E-state index contributed by atoms with van der Waals surface area (Å²) in [6.45, 7) is 2.88. The van der Waals surface area contributed by atoms with Crippen LogP contribution in [0, 0.1) is 0 Å². The number of amides is 4. The van der Waals surface area contributed by atoms with Crippen molar-refractivity contribution >= 4 is 17.8 Å². The van der Waals surface area contributed by atoms with Crippen molar-refractivity contribution in [2.24, 2.45) is 0 Å². The van der Waals surface area contributed by atoms with Crippen LogP contribution in [0.3, 0.4) is 0 Å². The Kier molecular flexibility index (Phi) is 3.79. The third-order valence-corrected chi connectivity index (χ3v) is 4.72. The van der Waals surface area contributed by atoms with Gasteiger partial charge in [-0.1, -0.05) is 6.92 Å². The molecule has 2 fully saturated rings. The Labute approximate surface area is 134 Å². The molecule has 1 aromatic heterocycles. The van der Waals surface area contributed by atoms with Crippen LogP contribution in [0.15, 0.2) is 18.3 Å². The number of likely N-dealkylation sites (tertiary alicyclic amines) is 1.